The van der Waals surface area contributed by atoms with Gasteiger partial charge < -0.3 is 5.32 Å². The van der Waals surface area contributed by atoms with Crippen LogP contribution in [0, 0.1) is 11.6 Å². The van der Waals surface area contributed by atoms with Gasteiger partial charge in [-0.3, -0.25) is 9.59 Å². The Morgan fingerprint density at radius 2 is 1.64 bits per heavy atom. The number of alkyl halides is 3. The minimum Gasteiger partial charge on any atom is -0.322 e. The second kappa shape index (κ2) is 9.22. The van der Waals surface area contributed by atoms with Gasteiger partial charge >= 0.3 is 6.18 Å². The number of carbonyl (C=O) groups excluding carboxylic acids is 2. The molecule has 1 aliphatic rings. The van der Waals surface area contributed by atoms with Crippen molar-refractivity contribution in [3.05, 3.63) is 95.4 Å². The molecule has 5 rings (SSSR count). The molecule has 0 radical (unpaired) electrons. The summed E-state index contributed by atoms with van der Waals surface area (Å²) < 4.78 is 68.5. The van der Waals surface area contributed by atoms with Crippen molar-refractivity contribution in [1.29, 1.82) is 0 Å². The van der Waals surface area contributed by atoms with Crippen molar-refractivity contribution in [2.45, 2.75) is 25.4 Å². The molecule has 7 nitrogen and oxygen atoms in total. The van der Waals surface area contributed by atoms with Gasteiger partial charge in [-0.05, 0) is 61.4 Å². The van der Waals surface area contributed by atoms with Crippen molar-refractivity contribution in [3.63, 3.8) is 0 Å². The third-order valence-electron chi connectivity index (χ3n) is 6.32. The number of halogens is 5. The van der Waals surface area contributed by atoms with Crippen LogP contribution in [0.1, 0.15) is 35.3 Å². The third-order valence-corrected chi connectivity index (χ3v) is 6.32. The summed E-state index contributed by atoms with van der Waals surface area (Å²) in [5.74, 6) is -3.74. The number of fused-ring (bicyclic) bond motifs is 1. The van der Waals surface area contributed by atoms with Crippen LogP contribution in [0.2, 0.25) is 0 Å². The third kappa shape index (κ3) is 4.47. The Morgan fingerprint density at radius 3 is 2.31 bits per heavy atom. The molecule has 0 saturated heterocycles. The number of benzene rings is 2. The lowest BCUT2D eigenvalue weighted by Crippen LogP contribution is -2.34. The van der Waals surface area contributed by atoms with Crippen molar-refractivity contribution < 1.29 is 31.5 Å². The number of nitrogens with zero attached hydrogens (tertiary/aromatic N) is 4. The number of hydrogen-bond donors (Lipinski definition) is 1. The molecule has 0 atom stereocenters. The van der Waals surface area contributed by atoms with Crippen LogP contribution >= 0.6 is 0 Å². The van der Waals surface area contributed by atoms with Crippen molar-refractivity contribution >= 4 is 29.3 Å². The largest absolute Gasteiger partial charge is 0.417 e. The molecule has 0 fully saturated rings. The number of nitrogens with one attached hydrogen (secondary N) is 1. The Hall–Kier alpha value is -4.74. The zero-order valence-electron chi connectivity index (χ0n) is 20.3. The maximum Gasteiger partial charge on any atom is 0.417 e. The fourth-order valence-corrected chi connectivity index (χ4v) is 4.47. The van der Waals surface area contributed by atoms with Crippen LogP contribution in [0.5, 0.6) is 0 Å². The van der Waals surface area contributed by atoms with Crippen molar-refractivity contribution in [2.75, 3.05) is 10.2 Å². The molecule has 0 saturated carbocycles. The molecule has 2 aromatic heterocycles. The highest BCUT2D eigenvalue weighted by Gasteiger charge is 2.48. The monoisotopic (exact) mass is 539 g/mol. The first-order chi connectivity index (χ1) is 18.4. The van der Waals surface area contributed by atoms with Gasteiger partial charge in [0.25, 0.3) is 5.91 Å². The summed E-state index contributed by atoms with van der Waals surface area (Å²) >= 11 is 0. The predicted molar refractivity (Wildman–Crippen MR) is 131 cm³/mol. The molecule has 1 aliphatic heterocycles. The molecule has 2 aromatic carbocycles. The summed E-state index contributed by atoms with van der Waals surface area (Å²) in [7, 11) is 0. The average molecular weight is 539 g/mol. The van der Waals surface area contributed by atoms with E-state index in [0.717, 1.165) is 24.3 Å². The Labute approximate surface area is 218 Å². The molecule has 0 bridgehead atoms. The number of rotatable bonds is 4. The molecule has 3 heterocycles. The summed E-state index contributed by atoms with van der Waals surface area (Å²) in [6, 6.07) is 8.52. The van der Waals surface area contributed by atoms with E-state index in [-0.39, 0.29) is 23.0 Å². The lowest BCUT2D eigenvalue weighted by Gasteiger charge is -2.20. The minimum atomic E-state index is -4.89. The number of carbonyl (C=O) groups is 2. The lowest BCUT2D eigenvalue weighted by atomic mass is 9.82. The number of anilines is 3. The van der Waals surface area contributed by atoms with Crippen LogP contribution in [-0.2, 0) is 16.4 Å². The Morgan fingerprint density at radius 1 is 0.923 bits per heavy atom. The van der Waals surface area contributed by atoms with Gasteiger partial charge in [-0.1, -0.05) is 6.07 Å². The van der Waals surface area contributed by atoms with E-state index in [2.05, 4.69) is 20.3 Å². The van der Waals surface area contributed by atoms with E-state index in [4.69, 9.17) is 0 Å². The summed E-state index contributed by atoms with van der Waals surface area (Å²) in [5.41, 5.74) is -2.40. The molecule has 0 unspecified atom stereocenters. The highest BCUT2D eigenvalue weighted by atomic mass is 19.4. The van der Waals surface area contributed by atoms with Crippen molar-refractivity contribution in [1.82, 2.24) is 15.0 Å². The number of pyridine rings is 1. The first-order valence-electron chi connectivity index (χ1n) is 11.5. The van der Waals surface area contributed by atoms with Gasteiger partial charge in [0.05, 0.1) is 16.5 Å². The van der Waals surface area contributed by atoms with Gasteiger partial charge in [0, 0.05) is 35.9 Å². The molecule has 0 aliphatic carbocycles. The average Bonchev–Trinajstić information content (AvgIpc) is 3.11. The summed E-state index contributed by atoms with van der Waals surface area (Å²) in [6.45, 7) is 3.28. The van der Waals surface area contributed by atoms with E-state index in [1.165, 1.54) is 35.6 Å². The zero-order valence-corrected chi connectivity index (χ0v) is 20.3. The van der Waals surface area contributed by atoms with Gasteiger partial charge in [0.1, 0.15) is 5.82 Å². The van der Waals surface area contributed by atoms with E-state index in [9.17, 15) is 31.5 Å². The predicted octanol–water partition coefficient (Wildman–Crippen LogP) is 6.04. The fourth-order valence-electron chi connectivity index (χ4n) is 4.47. The van der Waals surface area contributed by atoms with E-state index in [1.54, 1.807) is 19.9 Å². The second-order valence-corrected chi connectivity index (χ2v) is 9.21. The number of amides is 2. The molecule has 1 N–H and O–H groups in total. The molecule has 0 spiro atoms. The zero-order chi connectivity index (χ0) is 28.1. The summed E-state index contributed by atoms with van der Waals surface area (Å²) in [5, 5.41) is 2.18. The van der Waals surface area contributed by atoms with Crippen molar-refractivity contribution in [3.8, 4) is 11.1 Å². The van der Waals surface area contributed by atoms with Crippen LogP contribution in [0.3, 0.4) is 0 Å². The van der Waals surface area contributed by atoms with Crippen LogP contribution < -0.4 is 10.2 Å². The molecule has 12 heteroatoms. The Bertz CT molecular complexity index is 1620. The fraction of sp³-hybridized carbons (Fsp3) is 0.148. The van der Waals surface area contributed by atoms with Crippen molar-refractivity contribution in [2.24, 2.45) is 0 Å². The summed E-state index contributed by atoms with van der Waals surface area (Å²) in [6.07, 6.45) is -0.593. The first kappa shape index (κ1) is 25.9. The van der Waals surface area contributed by atoms with Gasteiger partial charge in [0.2, 0.25) is 11.9 Å². The molecular formula is C27H18F5N5O2. The van der Waals surface area contributed by atoms with Gasteiger partial charge in [0.15, 0.2) is 11.6 Å². The van der Waals surface area contributed by atoms with Crippen LogP contribution in [0.25, 0.3) is 11.1 Å². The smallest absolute Gasteiger partial charge is 0.322 e. The number of hydrogen-bond acceptors (Lipinski definition) is 5. The topological polar surface area (TPSA) is 88.1 Å². The minimum absolute atomic E-state index is 0.0815. The van der Waals surface area contributed by atoms with E-state index >= 15 is 0 Å². The van der Waals surface area contributed by atoms with Crippen LogP contribution in [0.15, 0.2) is 67.1 Å². The van der Waals surface area contributed by atoms with E-state index in [0.29, 0.717) is 17.2 Å². The maximum absolute atomic E-state index is 13.9. The molecular weight excluding hydrogens is 521 g/mol. The van der Waals surface area contributed by atoms with Gasteiger partial charge in [-0.2, -0.15) is 13.2 Å². The van der Waals surface area contributed by atoms with E-state index < -0.39 is 46.2 Å². The summed E-state index contributed by atoms with van der Waals surface area (Å²) in [4.78, 5) is 40.2. The van der Waals surface area contributed by atoms with Crippen LogP contribution in [0.4, 0.5) is 39.4 Å². The normalized spacial score (nSPS) is 14.3. The lowest BCUT2D eigenvalue weighted by molar-refractivity contribution is -0.137. The molecule has 39 heavy (non-hydrogen) atoms. The Kier molecular flexibility index (Phi) is 6.12. The highest BCUT2D eigenvalue weighted by Crippen LogP contribution is 2.48. The Balaban J connectivity index is 1.64. The SMILES string of the molecule is CC1(C)C(=O)N(c2ncccn2)c2nccc(-c3ccc(C(F)(F)F)c(C(=O)Nc4ccc(F)c(F)c4)c3)c21. The van der Waals surface area contributed by atoms with Gasteiger partial charge in [-0.25, -0.2) is 28.6 Å². The second-order valence-electron chi connectivity index (χ2n) is 9.21. The molecule has 198 valence electrons. The van der Waals surface area contributed by atoms with Gasteiger partial charge in [-0.15, -0.1) is 0 Å². The first-order valence-corrected chi connectivity index (χ1v) is 11.5. The molecule has 4 aromatic rings. The maximum atomic E-state index is 13.9. The van der Waals surface area contributed by atoms with E-state index in [1.807, 2.05) is 0 Å². The number of aromatic nitrogens is 3. The quantitative estimate of drug-likeness (QED) is 0.320. The molecule has 2 amide bonds. The highest BCUT2D eigenvalue weighted by molar-refractivity contribution is 6.12. The standard InChI is InChI=1S/C27H18F5N5O2/c1-26(2)21-16(8-11-33-22(21)37(24(26)39)25-34-9-3-10-35-25)14-4-6-18(27(30,31)32)17(12-14)23(38)36-15-5-7-19(28)20(29)13-15/h3-13H,1-2H3,(H,36,38). The van der Waals surface area contributed by atoms with Crippen LogP contribution in [-0.4, -0.2) is 26.8 Å².